The van der Waals surface area contributed by atoms with Crippen LogP contribution >= 0.6 is 0 Å². The third-order valence-corrected chi connectivity index (χ3v) is 2.21. The van der Waals surface area contributed by atoms with Crippen LogP contribution in [0.25, 0.3) is 0 Å². The van der Waals surface area contributed by atoms with E-state index in [0.717, 1.165) is 18.5 Å². The number of hydrogen-bond donors (Lipinski definition) is 3. The summed E-state index contributed by atoms with van der Waals surface area (Å²) in [5.74, 6) is -0.0354. The van der Waals surface area contributed by atoms with E-state index in [1.165, 1.54) is 6.92 Å². The average Bonchev–Trinajstić information content (AvgIpc) is 2.65. The van der Waals surface area contributed by atoms with Crippen molar-refractivity contribution in [2.75, 3.05) is 5.32 Å². The van der Waals surface area contributed by atoms with Gasteiger partial charge in [0.25, 0.3) is 0 Å². The topological polar surface area (TPSA) is 86.9 Å². The lowest BCUT2D eigenvalue weighted by atomic mass is 10.2. The summed E-state index contributed by atoms with van der Waals surface area (Å²) in [6, 6.07) is 1.22. The molecule has 0 spiro atoms. The molecule has 1 unspecified atom stereocenters. The summed E-state index contributed by atoms with van der Waals surface area (Å²) in [7, 11) is 0. The van der Waals surface area contributed by atoms with Crippen molar-refractivity contribution >= 4 is 17.6 Å². The molecule has 1 rings (SSSR count). The van der Waals surface area contributed by atoms with Crippen molar-refractivity contribution in [1.82, 2.24) is 15.5 Å². The SMILES string of the molecule is CCCc1cc(NC(=O)C(C)NC(C)=O)n[nH]1. The lowest BCUT2D eigenvalue weighted by molar-refractivity contribution is -0.124. The molecular weight excluding hydrogens is 220 g/mol. The van der Waals surface area contributed by atoms with Crippen LogP contribution < -0.4 is 10.6 Å². The second-order valence-corrected chi connectivity index (χ2v) is 3.94. The number of carbonyl (C=O) groups excluding carboxylic acids is 2. The minimum atomic E-state index is -0.571. The molecule has 0 saturated carbocycles. The number of aromatic nitrogens is 2. The van der Waals surface area contributed by atoms with Crippen LogP contribution in [-0.2, 0) is 16.0 Å². The number of aromatic amines is 1. The third-order valence-electron chi connectivity index (χ3n) is 2.21. The zero-order chi connectivity index (χ0) is 12.8. The Morgan fingerprint density at radius 3 is 2.82 bits per heavy atom. The van der Waals surface area contributed by atoms with Gasteiger partial charge in [0.2, 0.25) is 11.8 Å². The molecule has 6 nitrogen and oxygen atoms in total. The number of amides is 2. The summed E-state index contributed by atoms with van der Waals surface area (Å²) in [5.41, 5.74) is 0.981. The number of carbonyl (C=O) groups is 2. The highest BCUT2D eigenvalue weighted by Crippen LogP contribution is 2.07. The van der Waals surface area contributed by atoms with Gasteiger partial charge in [0, 0.05) is 18.7 Å². The Kier molecular flexibility index (Phi) is 4.68. The second-order valence-electron chi connectivity index (χ2n) is 3.94. The van der Waals surface area contributed by atoms with Crippen molar-refractivity contribution in [2.45, 2.75) is 39.7 Å². The number of rotatable bonds is 5. The first-order valence-corrected chi connectivity index (χ1v) is 5.65. The molecule has 1 aromatic heterocycles. The normalized spacial score (nSPS) is 11.9. The maximum Gasteiger partial charge on any atom is 0.247 e. The number of H-pyrrole nitrogens is 1. The first kappa shape index (κ1) is 13.2. The van der Waals surface area contributed by atoms with E-state index in [9.17, 15) is 9.59 Å². The average molecular weight is 238 g/mol. The lowest BCUT2D eigenvalue weighted by Crippen LogP contribution is -2.40. The maximum atomic E-state index is 11.6. The van der Waals surface area contributed by atoms with E-state index >= 15 is 0 Å². The van der Waals surface area contributed by atoms with Gasteiger partial charge in [0.15, 0.2) is 5.82 Å². The fraction of sp³-hybridized carbons (Fsp3) is 0.545. The monoisotopic (exact) mass is 238 g/mol. The molecule has 1 atom stereocenters. The van der Waals surface area contributed by atoms with Gasteiger partial charge < -0.3 is 10.6 Å². The van der Waals surface area contributed by atoms with Crippen LogP contribution in [0, 0.1) is 0 Å². The van der Waals surface area contributed by atoms with E-state index in [0.29, 0.717) is 5.82 Å². The molecular formula is C11H18N4O2. The molecule has 1 heterocycles. The van der Waals surface area contributed by atoms with Crippen molar-refractivity contribution in [3.05, 3.63) is 11.8 Å². The van der Waals surface area contributed by atoms with E-state index < -0.39 is 6.04 Å². The van der Waals surface area contributed by atoms with E-state index in [1.54, 1.807) is 13.0 Å². The van der Waals surface area contributed by atoms with Gasteiger partial charge in [-0.15, -0.1) is 0 Å². The van der Waals surface area contributed by atoms with Crippen LogP contribution in [0.4, 0.5) is 5.82 Å². The van der Waals surface area contributed by atoms with Gasteiger partial charge in [-0.1, -0.05) is 13.3 Å². The predicted octanol–water partition coefficient (Wildman–Crippen LogP) is 0.825. The Hall–Kier alpha value is -1.85. The fourth-order valence-electron chi connectivity index (χ4n) is 1.43. The van der Waals surface area contributed by atoms with Gasteiger partial charge >= 0.3 is 0 Å². The van der Waals surface area contributed by atoms with Crippen LogP contribution in [0.2, 0.25) is 0 Å². The van der Waals surface area contributed by atoms with Crippen LogP contribution in [0.3, 0.4) is 0 Å². The van der Waals surface area contributed by atoms with Gasteiger partial charge in [-0.2, -0.15) is 5.10 Å². The highest BCUT2D eigenvalue weighted by molar-refractivity contribution is 5.95. The first-order valence-electron chi connectivity index (χ1n) is 5.65. The Balaban J connectivity index is 2.52. The summed E-state index contributed by atoms with van der Waals surface area (Å²) in [6.45, 7) is 5.06. The molecule has 0 radical (unpaired) electrons. The van der Waals surface area contributed by atoms with Gasteiger partial charge in [-0.3, -0.25) is 14.7 Å². The summed E-state index contributed by atoms with van der Waals surface area (Å²) >= 11 is 0. The highest BCUT2D eigenvalue weighted by atomic mass is 16.2. The van der Waals surface area contributed by atoms with E-state index in [1.807, 2.05) is 0 Å². The second kappa shape index (κ2) is 6.03. The lowest BCUT2D eigenvalue weighted by Gasteiger charge is -2.10. The number of anilines is 1. The summed E-state index contributed by atoms with van der Waals surface area (Å²) in [4.78, 5) is 22.4. The number of nitrogens with one attached hydrogen (secondary N) is 3. The van der Waals surface area contributed by atoms with Gasteiger partial charge in [0.1, 0.15) is 6.04 Å². The van der Waals surface area contributed by atoms with Crippen LogP contribution in [0.1, 0.15) is 32.9 Å². The molecule has 0 bridgehead atoms. The third kappa shape index (κ3) is 4.26. The van der Waals surface area contributed by atoms with Crippen molar-refractivity contribution in [2.24, 2.45) is 0 Å². The fourth-order valence-corrected chi connectivity index (χ4v) is 1.43. The molecule has 3 N–H and O–H groups in total. The van der Waals surface area contributed by atoms with Crippen molar-refractivity contribution in [3.63, 3.8) is 0 Å². The molecule has 0 aliphatic rings. The zero-order valence-corrected chi connectivity index (χ0v) is 10.3. The summed E-state index contributed by atoms with van der Waals surface area (Å²) < 4.78 is 0. The molecule has 0 aromatic carbocycles. The largest absolute Gasteiger partial charge is 0.345 e. The van der Waals surface area contributed by atoms with Gasteiger partial charge in [-0.25, -0.2) is 0 Å². The van der Waals surface area contributed by atoms with Crippen LogP contribution in [0.15, 0.2) is 6.07 Å². The quantitative estimate of drug-likeness (QED) is 0.710. The van der Waals surface area contributed by atoms with E-state index in [2.05, 4.69) is 27.8 Å². The molecule has 2 amide bonds. The number of aryl methyl sites for hydroxylation is 1. The smallest absolute Gasteiger partial charge is 0.247 e. The zero-order valence-electron chi connectivity index (χ0n) is 10.3. The Bertz CT molecular complexity index is 400. The predicted molar refractivity (Wildman–Crippen MR) is 64.5 cm³/mol. The van der Waals surface area contributed by atoms with Crippen molar-refractivity contribution in [1.29, 1.82) is 0 Å². The Morgan fingerprint density at radius 1 is 1.53 bits per heavy atom. The molecule has 0 aliphatic carbocycles. The van der Waals surface area contributed by atoms with Crippen molar-refractivity contribution in [3.8, 4) is 0 Å². The Labute approximate surface area is 100 Å². The number of nitrogens with zero attached hydrogens (tertiary/aromatic N) is 1. The molecule has 94 valence electrons. The van der Waals surface area contributed by atoms with E-state index in [-0.39, 0.29) is 11.8 Å². The van der Waals surface area contributed by atoms with Crippen LogP contribution in [0.5, 0.6) is 0 Å². The first-order chi connectivity index (χ1) is 8.02. The van der Waals surface area contributed by atoms with Crippen molar-refractivity contribution < 1.29 is 9.59 Å². The van der Waals surface area contributed by atoms with Crippen LogP contribution in [-0.4, -0.2) is 28.1 Å². The van der Waals surface area contributed by atoms with Gasteiger partial charge in [0.05, 0.1) is 0 Å². The Morgan fingerprint density at radius 2 is 2.24 bits per heavy atom. The van der Waals surface area contributed by atoms with E-state index in [4.69, 9.17) is 0 Å². The summed E-state index contributed by atoms with van der Waals surface area (Å²) in [6.07, 6.45) is 1.90. The maximum absolute atomic E-state index is 11.6. The number of hydrogen-bond acceptors (Lipinski definition) is 3. The molecule has 17 heavy (non-hydrogen) atoms. The molecule has 0 saturated heterocycles. The summed E-state index contributed by atoms with van der Waals surface area (Å²) in [5, 5.41) is 11.9. The highest BCUT2D eigenvalue weighted by Gasteiger charge is 2.14. The molecule has 0 aliphatic heterocycles. The molecule has 1 aromatic rings. The standard InChI is InChI=1S/C11H18N4O2/c1-4-5-9-6-10(15-14-9)13-11(17)7(2)12-8(3)16/h6-7H,4-5H2,1-3H3,(H,12,16)(H2,13,14,15,17). The minimum absolute atomic E-state index is 0.235. The molecule has 6 heteroatoms. The molecule has 0 fully saturated rings. The van der Waals surface area contributed by atoms with Gasteiger partial charge in [-0.05, 0) is 13.3 Å². The minimum Gasteiger partial charge on any atom is -0.345 e.